The van der Waals surface area contributed by atoms with Gasteiger partial charge < -0.3 is 24.6 Å². The van der Waals surface area contributed by atoms with E-state index in [9.17, 15) is 18.0 Å². The van der Waals surface area contributed by atoms with Crippen LogP contribution in [0, 0.1) is 18.8 Å². The average Bonchev–Trinajstić information content (AvgIpc) is 3.38. The van der Waals surface area contributed by atoms with Crippen LogP contribution in [0.5, 0.6) is 0 Å². The van der Waals surface area contributed by atoms with E-state index >= 15 is 0 Å². The number of hydrogen-bond donors (Lipinski definition) is 2. The number of anilines is 1. The van der Waals surface area contributed by atoms with Crippen molar-refractivity contribution in [3.63, 3.8) is 0 Å². The van der Waals surface area contributed by atoms with Crippen LogP contribution in [0.3, 0.4) is 0 Å². The summed E-state index contributed by atoms with van der Waals surface area (Å²) in [6, 6.07) is 3.47. The van der Waals surface area contributed by atoms with Crippen molar-refractivity contribution in [1.82, 2.24) is 20.0 Å². The Kier molecular flexibility index (Phi) is 7.28. The topological polar surface area (TPSA) is 131 Å². The van der Waals surface area contributed by atoms with E-state index in [1.165, 1.54) is 0 Å². The summed E-state index contributed by atoms with van der Waals surface area (Å²) in [7, 11) is 0. The Balaban J connectivity index is 0.000000360. The van der Waals surface area contributed by atoms with Gasteiger partial charge in [-0.2, -0.15) is 13.2 Å². The molecule has 2 aliphatic rings. The molecular weight excluding hydrogens is 435 g/mol. The third kappa shape index (κ3) is 5.93. The number of rotatable bonds is 4. The van der Waals surface area contributed by atoms with E-state index in [1.54, 1.807) is 31.5 Å². The number of nitrogens with zero attached hydrogens (tertiary/aromatic N) is 4. The molecule has 3 atom stereocenters. The molecule has 0 radical (unpaired) electrons. The molecular formula is C19H22F3N5O5. The molecule has 2 aromatic rings. The fourth-order valence-corrected chi connectivity index (χ4v) is 3.69. The minimum atomic E-state index is -5.08. The summed E-state index contributed by atoms with van der Waals surface area (Å²) in [6.07, 6.45) is -0.609. The first kappa shape index (κ1) is 23.4. The smallest absolute Gasteiger partial charge is 0.475 e. The standard InChI is InChI=1S/C17H21N5O3.C2HF3O2/c1-11-7-14(21-25-11)16(23)22-6-3-13-12(9-22)10-24-15(13)8-20-17-18-4-2-5-19-17;3-2(4,5)1(6)7/h2,4-5,7,12-13,15H,3,6,8-10H2,1H3,(H,18,19,20);(H,6,7)/t12-,13-,15+;/m1./s1. The predicted octanol–water partition coefficient (Wildman–Crippen LogP) is 2.00. The number of halogens is 3. The normalized spacial score (nSPS) is 22.5. The third-order valence-electron chi connectivity index (χ3n) is 5.20. The molecule has 0 spiro atoms. The fourth-order valence-electron chi connectivity index (χ4n) is 3.69. The zero-order valence-corrected chi connectivity index (χ0v) is 17.1. The van der Waals surface area contributed by atoms with E-state index in [0.29, 0.717) is 55.5 Å². The van der Waals surface area contributed by atoms with E-state index in [4.69, 9.17) is 19.2 Å². The Hall–Kier alpha value is -3.22. The number of aliphatic carboxylic acids is 1. The van der Waals surface area contributed by atoms with Crippen LogP contribution in [0.4, 0.5) is 19.1 Å². The first-order valence-corrected chi connectivity index (χ1v) is 9.80. The number of carboxylic acid groups (broad SMARTS) is 1. The van der Waals surface area contributed by atoms with Gasteiger partial charge in [-0.25, -0.2) is 14.8 Å². The van der Waals surface area contributed by atoms with Crippen LogP contribution in [0.2, 0.25) is 0 Å². The van der Waals surface area contributed by atoms with Gasteiger partial charge in [0.2, 0.25) is 5.95 Å². The largest absolute Gasteiger partial charge is 0.490 e. The molecule has 0 aliphatic carbocycles. The number of carboxylic acids is 1. The molecule has 4 rings (SSSR count). The number of carbonyl (C=O) groups excluding carboxylic acids is 1. The van der Waals surface area contributed by atoms with Gasteiger partial charge in [0.25, 0.3) is 5.91 Å². The van der Waals surface area contributed by atoms with Crippen molar-refractivity contribution in [3.8, 4) is 0 Å². The molecule has 2 fully saturated rings. The number of amides is 1. The molecule has 2 N–H and O–H groups in total. The van der Waals surface area contributed by atoms with Crippen LogP contribution in [0.15, 0.2) is 29.0 Å². The number of nitrogens with one attached hydrogen (secondary N) is 1. The van der Waals surface area contributed by atoms with Crippen molar-refractivity contribution in [1.29, 1.82) is 0 Å². The lowest BCUT2D eigenvalue weighted by molar-refractivity contribution is -0.192. The number of fused-ring (bicyclic) bond motifs is 1. The zero-order chi connectivity index (χ0) is 23.3. The molecule has 0 unspecified atom stereocenters. The highest BCUT2D eigenvalue weighted by Crippen LogP contribution is 2.34. The van der Waals surface area contributed by atoms with Gasteiger partial charge in [0, 0.05) is 44.0 Å². The van der Waals surface area contributed by atoms with Gasteiger partial charge in [0.1, 0.15) is 5.76 Å². The van der Waals surface area contributed by atoms with Crippen molar-refractivity contribution in [3.05, 3.63) is 36.0 Å². The maximum atomic E-state index is 12.5. The van der Waals surface area contributed by atoms with Gasteiger partial charge in [-0.05, 0) is 25.3 Å². The van der Waals surface area contributed by atoms with Gasteiger partial charge in [-0.15, -0.1) is 0 Å². The van der Waals surface area contributed by atoms with Crippen molar-refractivity contribution >= 4 is 17.8 Å². The molecule has 13 heteroatoms. The Labute approximate surface area is 180 Å². The van der Waals surface area contributed by atoms with Gasteiger partial charge in [-0.3, -0.25) is 4.79 Å². The number of aryl methyl sites for hydroxylation is 1. The summed E-state index contributed by atoms with van der Waals surface area (Å²) in [5.41, 5.74) is 0.384. The minimum Gasteiger partial charge on any atom is -0.475 e. The van der Waals surface area contributed by atoms with Crippen molar-refractivity contribution in [2.45, 2.75) is 25.6 Å². The van der Waals surface area contributed by atoms with E-state index < -0.39 is 12.1 Å². The fraction of sp³-hybridized carbons (Fsp3) is 0.526. The summed E-state index contributed by atoms with van der Waals surface area (Å²) >= 11 is 0. The Morgan fingerprint density at radius 3 is 2.59 bits per heavy atom. The molecule has 0 aromatic carbocycles. The number of carbonyl (C=O) groups is 2. The second kappa shape index (κ2) is 9.94. The van der Waals surface area contributed by atoms with Crippen molar-refractivity contribution < 1.29 is 37.1 Å². The van der Waals surface area contributed by atoms with E-state index in [2.05, 4.69) is 20.4 Å². The summed E-state index contributed by atoms with van der Waals surface area (Å²) in [5.74, 6) is -0.754. The molecule has 2 saturated heterocycles. The maximum Gasteiger partial charge on any atom is 0.490 e. The predicted molar refractivity (Wildman–Crippen MR) is 103 cm³/mol. The maximum absolute atomic E-state index is 12.5. The molecule has 0 bridgehead atoms. The van der Waals surface area contributed by atoms with Crippen LogP contribution in [0.1, 0.15) is 22.7 Å². The Morgan fingerprint density at radius 2 is 2.00 bits per heavy atom. The number of aromatic nitrogens is 3. The van der Waals surface area contributed by atoms with Gasteiger partial charge >= 0.3 is 12.1 Å². The van der Waals surface area contributed by atoms with E-state index in [1.807, 2.05) is 4.90 Å². The summed E-state index contributed by atoms with van der Waals surface area (Å²) in [4.78, 5) is 31.6. The molecule has 32 heavy (non-hydrogen) atoms. The molecule has 174 valence electrons. The van der Waals surface area contributed by atoms with E-state index in [0.717, 1.165) is 6.42 Å². The van der Waals surface area contributed by atoms with Crippen LogP contribution in [-0.4, -0.2) is 75.5 Å². The first-order valence-electron chi connectivity index (χ1n) is 9.80. The first-order chi connectivity index (χ1) is 15.1. The summed E-state index contributed by atoms with van der Waals surface area (Å²) < 4.78 is 42.7. The minimum absolute atomic E-state index is 0.0606. The van der Waals surface area contributed by atoms with Gasteiger partial charge in [0.15, 0.2) is 5.69 Å². The summed E-state index contributed by atoms with van der Waals surface area (Å²) in [6.45, 7) is 4.56. The average molecular weight is 457 g/mol. The van der Waals surface area contributed by atoms with Crippen molar-refractivity contribution in [2.24, 2.45) is 11.8 Å². The molecule has 1 amide bonds. The van der Waals surface area contributed by atoms with Crippen LogP contribution in [0.25, 0.3) is 0 Å². The molecule has 10 nitrogen and oxygen atoms in total. The SMILES string of the molecule is Cc1cc(C(=O)N2CC[C@@H]3[C@@H](CO[C@H]3CNc3ncccn3)C2)no1.O=C(O)C(F)(F)F. The van der Waals surface area contributed by atoms with E-state index in [-0.39, 0.29) is 12.0 Å². The highest BCUT2D eigenvalue weighted by Gasteiger charge is 2.42. The third-order valence-corrected chi connectivity index (χ3v) is 5.20. The summed E-state index contributed by atoms with van der Waals surface area (Å²) in [5, 5.41) is 14.2. The number of likely N-dealkylation sites (tertiary alicyclic amines) is 1. The lowest BCUT2D eigenvalue weighted by atomic mass is 9.84. The van der Waals surface area contributed by atoms with Crippen LogP contribution < -0.4 is 5.32 Å². The molecule has 0 saturated carbocycles. The molecule has 4 heterocycles. The molecule has 2 aliphatic heterocycles. The second-order valence-electron chi connectivity index (χ2n) is 7.41. The lowest BCUT2D eigenvalue weighted by Gasteiger charge is -2.35. The van der Waals surface area contributed by atoms with Gasteiger partial charge in [-0.1, -0.05) is 5.16 Å². The highest BCUT2D eigenvalue weighted by atomic mass is 19.4. The quantitative estimate of drug-likeness (QED) is 0.708. The lowest BCUT2D eigenvalue weighted by Crippen LogP contribution is -2.45. The Morgan fingerprint density at radius 1 is 1.31 bits per heavy atom. The van der Waals surface area contributed by atoms with Crippen molar-refractivity contribution in [2.75, 3.05) is 31.6 Å². The zero-order valence-electron chi connectivity index (χ0n) is 17.1. The monoisotopic (exact) mass is 457 g/mol. The Bertz CT molecular complexity index is 924. The van der Waals surface area contributed by atoms with Crippen LogP contribution in [-0.2, 0) is 9.53 Å². The molecule has 2 aromatic heterocycles. The second-order valence-corrected chi connectivity index (χ2v) is 7.41. The number of ether oxygens (including phenoxy) is 1. The van der Waals surface area contributed by atoms with Gasteiger partial charge in [0.05, 0.1) is 12.7 Å². The number of alkyl halides is 3. The number of piperidine rings is 1. The highest BCUT2D eigenvalue weighted by molar-refractivity contribution is 5.92. The van der Waals surface area contributed by atoms with Crippen LogP contribution >= 0.6 is 0 Å². The number of hydrogen-bond acceptors (Lipinski definition) is 8.